The van der Waals surface area contributed by atoms with Crippen molar-refractivity contribution in [2.45, 2.75) is 12.6 Å². The number of hydrogen-bond donors (Lipinski definition) is 0. The first-order valence-corrected chi connectivity index (χ1v) is 4.87. The Morgan fingerprint density at radius 2 is 2.00 bits per heavy atom. The standard InChI is InChI=1S/C11H6F3NO4/c12-11(13,14)10(18)7(5-15)9(17)8(16)4-6-2-1-3-19-6/h1-3,7H,4H2. The first kappa shape index (κ1) is 14.6. The van der Waals surface area contributed by atoms with Crippen LogP contribution >= 0.6 is 0 Å². The van der Waals surface area contributed by atoms with Gasteiger partial charge in [-0.2, -0.15) is 18.4 Å². The lowest BCUT2D eigenvalue weighted by Gasteiger charge is -2.08. The van der Waals surface area contributed by atoms with E-state index in [0.717, 1.165) is 6.07 Å². The second-order valence-corrected chi connectivity index (χ2v) is 3.47. The average Bonchev–Trinajstić information content (AvgIpc) is 2.81. The minimum Gasteiger partial charge on any atom is -0.469 e. The third-order valence-electron chi connectivity index (χ3n) is 2.12. The molecule has 0 bridgehead atoms. The normalized spacial score (nSPS) is 12.5. The lowest BCUT2D eigenvalue weighted by Crippen LogP contribution is -2.38. The molecule has 1 rings (SSSR count). The van der Waals surface area contributed by atoms with E-state index in [1.54, 1.807) is 0 Å². The van der Waals surface area contributed by atoms with Gasteiger partial charge in [-0.3, -0.25) is 14.4 Å². The number of alkyl halides is 3. The summed E-state index contributed by atoms with van der Waals surface area (Å²) in [6, 6.07) is 3.64. The number of carbonyl (C=O) groups excluding carboxylic acids is 3. The van der Waals surface area contributed by atoms with Crippen LogP contribution in [0.4, 0.5) is 13.2 Å². The maximum Gasteiger partial charge on any atom is 0.451 e. The third kappa shape index (κ3) is 3.51. The van der Waals surface area contributed by atoms with Gasteiger partial charge in [0.15, 0.2) is 5.92 Å². The van der Waals surface area contributed by atoms with Gasteiger partial charge in [0.25, 0.3) is 5.78 Å². The summed E-state index contributed by atoms with van der Waals surface area (Å²) < 4.78 is 41.0. The molecular weight excluding hydrogens is 267 g/mol. The molecule has 1 aromatic heterocycles. The van der Waals surface area contributed by atoms with Crippen LogP contribution in [0.2, 0.25) is 0 Å². The number of furan rings is 1. The summed E-state index contributed by atoms with van der Waals surface area (Å²) >= 11 is 0. The average molecular weight is 273 g/mol. The van der Waals surface area contributed by atoms with E-state index >= 15 is 0 Å². The van der Waals surface area contributed by atoms with Gasteiger partial charge in [0.05, 0.1) is 18.8 Å². The van der Waals surface area contributed by atoms with Crippen molar-refractivity contribution in [2.75, 3.05) is 0 Å². The first-order valence-electron chi connectivity index (χ1n) is 4.87. The van der Waals surface area contributed by atoms with Crippen LogP contribution in [0.3, 0.4) is 0 Å². The molecule has 1 unspecified atom stereocenters. The quantitative estimate of drug-likeness (QED) is 0.594. The van der Waals surface area contributed by atoms with E-state index in [1.165, 1.54) is 18.4 Å². The van der Waals surface area contributed by atoms with Crippen molar-refractivity contribution in [1.29, 1.82) is 5.26 Å². The second kappa shape index (κ2) is 5.48. The molecule has 1 atom stereocenters. The molecule has 1 aromatic rings. The lowest BCUT2D eigenvalue weighted by molar-refractivity contribution is -0.175. The lowest BCUT2D eigenvalue weighted by atomic mass is 9.95. The fraction of sp³-hybridized carbons (Fsp3) is 0.273. The molecule has 0 aromatic carbocycles. The van der Waals surface area contributed by atoms with Gasteiger partial charge in [-0.05, 0) is 12.1 Å². The molecule has 0 aliphatic heterocycles. The topological polar surface area (TPSA) is 88.1 Å². The smallest absolute Gasteiger partial charge is 0.451 e. The van der Waals surface area contributed by atoms with Crippen LogP contribution in [0.15, 0.2) is 22.8 Å². The molecule has 0 fully saturated rings. The fourth-order valence-electron chi connectivity index (χ4n) is 1.22. The van der Waals surface area contributed by atoms with E-state index in [4.69, 9.17) is 9.68 Å². The van der Waals surface area contributed by atoms with Crippen molar-refractivity contribution >= 4 is 17.3 Å². The Morgan fingerprint density at radius 3 is 2.42 bits per heavy atom. The molecule has 19 heavy (non-hydrogen) atoms. The highest BCUT2D eigenvalue weighted by atomic mass is 19.4. The van der Waals surface area contributed by atoms with Gasteiger partial charge in [0.2, 0.25) is 11.6 Å². The zero-order chi connectivity index (χ0) is 14.6. The third-order valence-corrected chi connectivity index (χ3v) is 2.12. The summed E-state index contributed by atoms with van der Waals surface area (Å²) in [6.45, 7) is 0. The van der Waals surface area contributed by atoms with Crippen molar-refractivity contribution < 1.29 is 32.0 Å². The second-order valence-electron chi connectivity index (χ2n) is 3.47. The van der Waals surface area contributed by atoms with Crippen LogP contribution in [0.5, 0.6) is 0 Å². The summed E-state index contributed by atoms with van der Waals surface area (Å²) in [5.74, 6) is -8.15. The summed E-state index contributed by atoms with van der Waals surface area (Å²) in [7, 11) is 0. The van der Waals surface area contributed by atoms with Crippen LogP contribution in [0.25, 0.3) is 0 Å². The highest BCUT2D eigenvalue weighted by molar-refractivity contribution is 6.42. The van der Waals surface area contributed by atoms with Crippen molar-refractivity contribution in [2.24, 2.45) is 5.92 Å². The number of carbonyl (C=O) groups is 3. The van der Waals surface area contributed by atoms with E-state index < -0.39 is 35.9 Å². The molecular formula is C11H6F3NO4. The Balaban J connectivity index is 2.83. The molecule has 0 aliphatic rings. The Labute approximate surface area is 104 Å². The molecule has 1 heterocycles. The Morgan fingerprint density at radius 1 is 1.37 bits per heavy atom. The van der Waals surface area contributed by atoms with Crippen molar-refractivity contribution in [3.63, 3.8) is 0 Å². The molecule has 0 spiro atoms. The van der Waals surface area contributed by atoms with E-state index in [-0.39, 0.29) is 5.76 Å². The Kier molecular flexibility index (Phi) is 4.22. The van der Waals surface area contributed by atoms with Gasteiger partial charge >= 0.3 is 6.18 Å². The summed E-state index contributed by atoms with van der Waals surface area (Å²) in [5.41, 5.74) is 0. The van der Waals surface area contributed by atoms with Crippen molar-refractivity contribution in [1.82, 2.24) is 0 Å². The number of nitriles is 1. The van der Waals surface area contributed by atoms with Crippen molar-refractivity contribution in [3.8, 4) is 6.07 Å². The van der Waals surface area contributed by atoms with Gasteiger partial charge in [0, 0.05) is 0 Å². The highest BCUT2D eigenvalue weighted by Gasteiger charge is 2.47. The van der Waals surface area contributed by atoms with Gasteiger partial charge in [-0.15, -0.1) is 0 Å². The van der Waals surface area contributed by atoms with Gasteiger partial charge < -0.3 is 4.42 Å². The summed E-state index contributed by atoms with van der Waals surface area (Å²) in [5, 5.41) is 8.44. The van der Waals surface area contributed by atoms with Crippen LogP contribution < -0.4 is 0 Å². The van der Waals surface area contributed by atoms with Crippen molar-refractivity contribution in [3.05, 3.63) is 24.2 Å². The van der Waals surface area contributed by atoms with Gasteiger partial charge in [-0.1, -0.05) is 0 Å². The van der Waals surface area contributed by atoms with E-state index in [0.29, 0.717) is 0 Å². The molecule has 0 radical (unpaired) electrons. The predicted octanol–water partition coefficient (Wildman–Crippen LogP) is 1.23. The molecule has 0 aliphatic carbocycles. The number of hydrogen-bond acceptors (Lipinski definition) is 5. The number of halogens is 3. The Bertz CT molecular complexity index is 539. The molecule has 5 nitrogen and oxygen atoms in total. The zero-order valence-electron chi connectivity index (χ0n) is 9.23. The molecule has 0 N–H and O–H groups in total. The predicted molar refractivity (Wildman–Crippen MR) is 52.6 cm³/mol. The van der Waals surface area contributed by atoms with Crippen LogP contribution in [0.1, 0.15) is 5.76 Å². The van der Waals surface area contributed by atoms with Crippen LogP contribution in [-0.4, -0.2) is 23.5 Å². The summed E-state index contributed by atoms with van der Waals surface area (Å²) in [6.07, 6.45) is -4.74. The van der Waals surface area contributed by atoms with Gasteiger partial charge in [-0.25, -0.2) is 0 Å². The van der Waals surface area contributed by atoms with Crippen LogP contribution in [-0.2, 0) is 20.8 Å². The van der Waals surface area contributed by atoms with Gasteiger partial charge in [0.1, 0.15) is 5.76 Å². The number of Topliss-reactive ketones (excluding diaryl/α,β-unsaturated/α-hetero) is 3. The maximum absolute atomic E-state index is 12.1. The fourth-order valence-corrected chi connectivity index (χ4v) is 1.22. The molecule has 0 saturated heterocycles. The summed E-state index contributed by atoms with van der Waals surface area (Å²) in [4.78, 5) is 33.5. The number of nitrogens with zero attached hydrogens (tertiary/aromatic N) is 1. The zero-order valence-corrected chi connectivity index (χ0v) is 9.23. The van der Waals surface area contributed by atoms with E-state index in [9.17, 15) is 27.6 Å². The number of ketones is 3. The monoisotopic (exact) mass is 273 g/mol. The largest absolute Gasteiger partial charge is 0.469 e. The minimum atomic E-state index is -5.35. The highest BCUT2D eigenvalue weighted by Crippen LogP contribution is 2.21. The molecule has 0 amide bonds. The van der Waals surface area contributed by atoms with Crippen LogP contribution in [0, 0.1) is 17.2 Å². The molecule has 8 heteroatoms. The molecule has 0 saturated carbocycles. The first-order chi connectivity index (χ1) is 8.77. The molecule has 100 valence electrons. The SMILES string of the molecule is N#CC(C(=O)C(=O)Cc1ccco1)C(=O)C(F)(F)F. The minimum absolute atomic E-state index is 0.0505. The Hall–Kier alpha value is -2.43. The van der Waals surface area contributed by atoms with E-state index in [1.807, 2.05) is 0 Å². The van der Waals surface area contributed by atoms with E-state index in [2.05, 4.69) is 0 Å². The number of rotatable bonds is 5. The maximum atomic E-state index is 12.1.